The quantitative estimate of drug-likeness (QED) is 0.0467. The number of hydrogen-bond acceptors (Lipinski definition) is 12. The number of rotatable bonds is 19. The second kappa shape index (κ2) is 22.7. The number of ether oxygens (including phenoxy) is 2. The SMILES string of the molecule is Cc1ncsc1-c1ccc(CNC(=O)[C@@H]2C[C@@H](O)CN2C(=O)[C@@H](NC(=O)CCCOCCOCCNC(=O)c2ccc(N3C(=O)N(c4ccc(C#N)c(C(F)(F)F)c4)C(=O)C3(C)C)cc2F)C(C)(C)C)cc1. The number of aromatic nitrogens is 1. The van der Waals surface area contributed by atoms with E-state index in [9.17, 15) is 47.0 Å². The van der Waals surface area contributed by atoms with Crippen LogP contribution in [-0.2, 0) is 41.4 Å². The van der Waals surface area contributed by atoms with Crippen LogP contribution in [-0.4, -0.2) is 114 Å². The number of nitrogens with one attached hydrogen (secondary N) is 3. The van der Waals surface area contributed by atoms with Crippen LogP contribution in [0, 0.1) is 29.5 Å². The number of aliphatic hydroxyl groups is 1. The number of alkyl halides is 3. The van der Waals surface area contributed by atoms with Gasteiger partial charge in [-0.05, 0) is 80.1 Å². The monoisotopic (exact) mass is 1020 g/mol. The third-order valence-electron chi connectivity index (χ3n) is 12.1. The Morgan fingerprint density at radius 3 is 2.26 bits per heavy atom. The number of likely N-dealkylation sites (tertiary alicyclic amines) is 1. The first-order valence-electron chi connectivity index (χ1n) is 23.0. The molecule has 0 bridgehead atoms. The zero-order valence-electron chi connectivity index (χ0n) is 40.5. The molecule has 0 aliphatic carbocycles. The molecule has 4 N–H and O–H groups in total. The molecule has 3 heterocycles. The van der Waals surface area contributed by atoms with Gasteiger partial charge in [-0.15, -0.1) is 11.3 Å². The summed E-state index contributed by atoms with van der Waals surface area (Å²) < 4.78 is 67.4. The standard InChI is InChI=1S/C50H56F4N8O9S/c1-29-41(72-28-58-29)31-11-9-30(10-12-31)26-57-44(66)39-24-35(63)27-60(39)45(67)42(48(2,3)4)59-40(64)8-7-18-70-20-21-71-19-17-56-43(65)36-16-15-34(23-38(36)51)62-47(69)61(46(68)49(62,5)6)33-14-13-32(25-55)37(22-33)50(52,53)54/h9-16,22-23,28,35,39,42,63H,7-8,17-21,24,26-27H2,1-6H3,(H,56,65)(H,57,66)(H,59,64)/t35-,39+,42-/m1/s1. The van der Waals surface area contributed by atoms with E-state index < -0.39 is 99.1 Å². The highest BCUT2D eigenvalue weighted by atomic mass is 32.1. The highest BCUT2D eigenvalue weighted by Crippen LogP contribution is 2.40. The summed E-state index contributed by atoms with van der Waals surface area (Å²) in [7, 11) is 0. The summed E-state index contributed by atoms with van der Waals surface area (Å²) in [6.07, 6.45) is -5.46. The molecule has 3 aromatic carbocycles. The number of imide groups is 1. The molecular weight excluding hydrogens is 965 g/mol. The van der Waals surface area contributed by atoms with Gasteiger partial charge in [-0.25, -0.2) is 19.1 Å². The predicted molar refractivity (Wildman–Crippen MR) is 257 cm³/mol. The molecule has 4 aromatic rings. The number of aliphatic hydroxyl groups excluding tert-OH is 1. The molecule has 2 saturated heterocycles. The summed E-state index contributed by atoms with van der Waals surface area (Å²) in [5.41, 5.74) is -0.823. The van der Waals surface area contributed by atoms with Crippen molar-refractivity contribution in [2.75, 3.05) is 49.3 Å². The maximum Gasteiger partial charge on any atom is 0.417 e. The van der Waals surface area contributed by atoms with Crippen LogP contribution in [0.2, 0.25) is 0 Å². The number of β-amino-alcohol motifs (C(OH)–C–C–N with tert-alkyl or cyclic N) is 1. The highest BCUT2D eigenvalue weighted by molar-refractivity contribution is 7.13. The number of urea groups is 1. The van der Waals surface area contributed by atoms with Gasteiger partial charge < -0.3 is 35.4 Å². The van der Waals surface area contributed by atoms with Gasteiger partial charge in [-0.2, -0.15) is 18.4 Å². The van der Waals surface area contributed by atoms with Gasteiger partial charge in [0.25, 0.3) is 11.8 Å². The predicted octanol–water partition coefficient (Wildman–Crippen LogP) is 6.25. The first-order valence-corrected chi connectivity index (χ1v) is 23.9. The number of nitriles is 1. The van der Waals surface area contributed by atoms with Crippen LogP contribution in [0.25, 0.3) is 10.4 Å². The van der Waals surface area contributed by atoms with Crippen LogP contribution in [0.1, 0.15) is 86.6 Å². The minimum atomic E-state index is -4.95. The van der Waals surface area contributed by atoms with Gasteiger partial charge in [0.2, 0.25) is 17.7 Å². The molecule has 17 nitrogen and oxygen atoms in total. The Bertz CT molecular complexity index is 2720. The van der Waals surface area contributed by atoms with Crippen molar-refractivity contribution in [3.8, 4) is 16.5 Å². The average Bonchev–Trinajstić information content (AvgIpc) is 3.99. The molecule has 2 aliphatic heterocycles. The molecule has 384 valence electrons. The van der Waals surface area contributed by atoms with Crippen LogP contribution in [0.4, 0.5) is 33.7 Å². The van der Waals surface area contributed by atoms with Gasteiger partial charge in [0.05, 0.1) is 70.5 Å². The van der Waals surface area contributed by atoms with E-state index in [0.29, 0.717) is 17.4 Å². The van der Waals surface area contributed by atoms with Crippen molar-refractivity contribution in [1.82, 2.24) is 25.8 Å². The van der Waals surface area contributed by atoms with Crippen molar-refractivity contribution < 1.29 is 60.9 Å². The van der Waals surface area contributed by atoms with E-state index in [-0.39, 0.29) is 64.6 Å². The van der Waals surface area contributed by atoms with E-state index in [0.717, 1.165) is 50.9 Å². The van der Waals surface area contributed by atoms with Crippen molar-refractivity contribution in [2.45, 2.75) is 97.3 Å². The number of hydrogen-bond donors (Lipinski definition) is 4. The van der Waals surface area contributed by atoms with E-state index in [2.05, 4.69) is 20.9 Å². The Labute approximate surface area is 417 Å². The molecular formula is C50H56F4N8O9S. The minimum Gasteiger partial charge on any atom is -0.391 e. The largest absolute Gasteiger partial charge is 0.417 e. The van der Waals surface area contributed by atoms with Gasteiger partial charge in [-0.1, -0.05) is 45.0 Å². The summed E-state index contributed by atoms with van der Waals surface area (Å²) in [6, 6.07) is 11.8. The van der Waals surface area contributed by atoms with Crippen LogP contribution in [0.5, 0.6) is 0 Å². The normalized spacial score (nSPS) is 17.2. The number of anilines is 2. The molecule has 2 aliphatic rings. The van der Waals surface area contributed by atoms with E-state index in [1.165, 1.54) is 30.9 Å². The molecule has 0 spiro atoms. The summed E-state index contributed by atoms with van der Waals surface area (Å²) >= 11 is 1.54. The second-order valence-electron chi connectivity index (χ2n) is 18.8. The zero-order valence-corrected chi connectivity index (χ0v) is 41.3. The lowest BCUT2D eigenvalue weighted by Gasteiger charge is -2.35. The molecule has 2 fully saturated rings. The Morgan fingerprint density at radius 2 is 1.64 bits per heavy atom. The van der Waals surface area contributed by atoms with E-state index >= 15 is 4.39 Å². The van der Waals surface area contributed by atoms with Crippen LogP contribution >= 0.6 is 11.3 Å². The van der Waals surface area contributed by atoms with Gasteiger partial charge in [-0.3, -0.25) is 28.9 Å². The molecule has 72 heavy (non-hydrogen) atoms. The lowest BCUT2D eigenvalue weighted by molar-refractivity contribution is -0.144. The molecule has 1 aromatic heterocycles. The number of carbonyl (C=O) groups excluding carboxylic acids is 6. The van der Waals surface area contributed by atoms with E-state index in [4.69, 9.17) is 14.7 Å². The van der Waals surface area contributed by atoms with Crippen molar-refractivity contribution in [3.05, 3.63) is 99.9 Å². The lowest BCUT2D eigenvalue weighted by atomic mass is 9.85. The fourth-order valence-corrected chi connectivity index (χ4v) is 9.10. The summed E-state index contributed by atoms with van der Waals surface area (Å²) in [5.74, 6) is -4.05. The minimum absolute atomic E-state index is 0.0234. The molecule has 7 amide bonds. The van der Waals surface area contributed by atoms with Crippen molar-refractivity contribution in [1.29, 1.82) is 5.26 Å². The van der Waals surface area contributed by atoms with Crippen molar-refractivity contribution in [3.63, 3.8) is 0 Å². The molecule has 0 unspecified atom stereocenters. The first kappa shape index (κ1) is 54.5. The fourth-order valence-electron chi connectivity index (χ4n) is 8.29. The van der Waals surface area contributed by atoms with Crippen LogP contribution < -0.4 is 25.8 Å². The maximum absolute atomic E-state index is 15.4. The van der Waals surface area contributed by atoms with Crippen LogP contribution in [0.3, 0.4) is 0 Å². The summed E-state index contributed by atoms with van der Waals surface area (Å²) in [4.78, 5) is 88.3. The van der Waals surface area contributed by atoms with Gasteiger partial charge in [0, 0.05) is 44.8 Å². The smallest absolute Gasteiger partial charge is 0.391 e. The molecule has 22 heteroatoms. The Kier molecular flexibility index (Phi) is 17.2. The topological polar surface area (TPSA) is 224 Å². The number of halogens is 4. The highest BCUT2D eigenvalue weighted by Gasteiger charge is 2.53. The average molecular weight is 1020 g/mol. The van der Waals surface area contributed by atoms with E-state index in [1.807, 2.05) is 31.2 Å². The number of aryl methyl sites for hydroxylation is 1. The van der Waals surface area contributed by atoms with E-state index in [1.54, 1.807) is 37.6 Å². The second-order valence-corrected chi connectivity index (χ2v) is 19.7. The lowest BCUT2D eigenvalue weighted by Crippen LogP contribution is -2.57. The number of carbonyl (C=O) groups is 6. The zero-order chi connectivity index (χ0) is 52.7. The number of amides is 7. The Balaban J connectivity index is 0.894. The molecule has 6 rings (SSSR count). The van der Waals surface area contributed by atoms with Gasteiger partial charge in [0.15, 0.2) is 0 Å². The third kappa shape index (κ3) is 12.6. The molecule has 0 saturated carbocycles. The number of benzene rings is 3. The third-order valence-corrected chi connectivity index (χ3v) is 13.1. The van der Waals surface area contributed by atoms with Gasteiger partial charge >= 0.3 is 12.2 Å². The van der Waals surface area contributed by atoms with Crippen molar-refractivity contribution in [2.24, 2.45) is 5.41 Å². The van der Waals surface area contributed by atoms with Crippen LogP contribution in [0.15, 0.2) is 66.2 Å². The maximum atomic E-state index is 15.4. The first-order chi connectivity index (χ1) is 33.9. The number of nitrogens with zero attached hydrogens (tertiary/aromatic N) is 5. The Hall–Kier alpha value is -6.80. The fraction of sp³-hybridized carbons (Fsp3) is 0.440. The summed E-state index contributed by atoms with van der Waals surface area (Å²) in [6.45, 7) is 10.6. The van der Waals surface area contributed by atoms with Crippen molar-refractivity contribution >= 4 is 58.3 Å². The van der Waals surface area contributed by atoms with Gasteiger partial charge in [0.1, 0.15) is 23.4 Å². The Morgan fingerprint density at radius 1 is 0.958 bits per heavy atom. The molecule has 0 radical (unpaired) electrons. The number of thiazole rings is 1. The molecule has 3 atom stereocenters. The summed E-state index contributed by atoms with van der Waals surface area (Å²) in [5, 5.41) is 27.9.